The van der Waals surface area contributed by atoms with Gasteiger partial charge < -0.3 is 15.9 Å². The zero-order valence-corrected chi connectivity index (χ0v) is 5.39. The normalized spacial score (nSPS) is 15.2. The number of aliphatic carboxylic acids is 1. The van der Waals surface area contributed by atoms with Gasteiger partial charge in [-0.25, -0.2) is 5.48 Å². The molecule has 6 N–H and O–H groups in total. The van der Waals surface area contributed by atoms with Crippen LogP contribution in [0.1, 0.15) is 0 Å². The Hall–Kier alpha value is -1.18. The highest BCUT2D eigenvalue weighted by Crippen LogP contribution is 1.89. The third kappa shape index (κ3) is 2.50. The number of rotatable bonds is 3. The Bertz CT molecular complexity index is 170. The van der Waals surface area contributed by atoms with Crippen LogP contribution in [0.3, 0.4) is 0 Å². The molecule has 0 aromatic rings. The second-order valence-corrected chi connectivity index (χ2v) is 1.78. The van der Waals surface area contributed by atoms with Gasteiger partial charge in [0.2, 0.25) is 0 Å². The first-order valence-electron chi connectivity index (χ1n) is 2.61. The Labute approximate surface area is 61.4 Å². The largest absolute Gasteiger partial charge is 0.480 e. The molecule has 0 unspecified atom stereocenters. The third-order valence-electron chi connectivity index (χ3n) is 1.00. The van der Waals surface area contributed by atoms with E-state index < -0.39 is 24.0 Å². The van der Waals surface area contributed by atoms with Crippen molar-refractivity contribution in [3.8, 4) is 0 Å². The van der Waals surface area contributed by atoms with E-state index in [-0.39, 0.29) is 0 Å². The van der Waals surface area contributed by atoms with Gasteiger partial charge in [-0.3, -0.25) is 14.8 Å². The van der Waals surface area contributed by atoms with E-state index in [0.717, 1.165) is 5.48 Å². The molecule has 0 aromatic heterocycles. The molecule has 1 amide bonds. The van der Waals surface area contributed by atoms with E-state index in [0.29, 0.717) is 0 Å². The van der Waals surface area contributed by atoms with Crippen molar-refractivity contribution in [3.05, 3.63) is 0 Å². The molecule has 0 saturated carbocycles. The standard InChI is InChI=1S/C4H8N2O5/c5-1(4(9)10)2(7)3(8)6-11/h1-2,7,11H,5H2,(H,6,8)(H,9,10)/t1-,2+/m1/s1. The minimum absolute atomic E-state index is 1.07. The minimum Gasteiger partial charge on any atom is -0.480 e. The van der Waals surface area contributed by atoms with Gasteiger partial charge in [-0.15, -0.1) is 0 Å². The number of nitrogens with one attached hydrogen (secondary N) is 1. The summed E-state index contributed by atoms with van der Waals surface area (Å²) in [5, 5.41) is 24.8. The Balaban J connectivity index is 4.12. The number of carboxylic acid groups (broad SMARTS) is 1. The monoisotopic (exact) mass is 164 g/mol. The van der Waals surface area contributed by atoms with E-state index in [1.54, 1.807) is 0 Å². The lowest BCUT2D eigenvalue weighted by molar-refractivity contribution is -0.149. The number of amides is 1. The smallest absolute Gasteiger partial charge is 0.323 e. The van der Waals surface area contributed by atoms with Crippen LogP contribution in [0, 0.1) is 0 Å². The highest BCUT2D eigenvalue weighted by Gasteiger charge is 2.27. The number of carboxylic acids is 1. The first kappa shape index (κ1) is 9.82. The summed E-state index contributed by atoms with van der Waals surface area (Å²) in [6, 6.07) is -1.73. The average molecular weight is 164 g/mol. The molecule has 0 aliphatic carbocycles. The van der Waals surface area contributed by atoms with Crippen LogP contribution >= 0.6 is 0 Å². The molecule has 7 nitrogen and oxygen atoms in total. The summed E-state index contributed by atoms with van der Waals surface area (Å²) in [4.78, 5) is 20.3. The number of aliphatic hydroxyl groups is 1. The first-order chi connectivity index (χ1) is 5.00. The Kier molecular flexibility index (Phi) is 3.45. The molecule has 0 rings (SSSR count). The lowest BCUT2D eigenvalue weighted by Crippen LogP contribution is -2.49. The predicted octanol–water partition coefficient (Wildman–Crippen LogP) is -2.74. The van der Waals surface area contributed by atoms with E-state index >= 15 is 0 Å². The van der Waals surface area contributed by atoms with Gasteiger partial charge in [0.05, 0.1) is 0 Å². The van der Waals surface area contributed by atoms with Crippen molar-refractivity contribution in [2.45, 2.75) is 12.1 Å². The summed E-state index contributed by atoms with van der Waals surface area (Å²) in [5.41, 5.74) is 5.88. The molecule has 0 aliphatic heterocycles. The van der Waals surface area contributed by atoms with Crippen LogP contribution in [0.25, 0.3) is 0 Å². The van der Waals surface area contributed by atoms with Crippen molar-refractivity contribution in [1.82, 2.24) is 5.48 Å². The third-order valence-corrected chi connectivity index (χ3v) is 1.00. The van der Waals surface area contributed by atoms with Crippen molar-refractivity contribution >= 4 is 11.9 Å². The van der Waals surface area contributed by atoms with Crippen molar-refractivity contribution < 1.29 is 25.0 Å². The molecule has 0 aromatic carbocycles. The fourth-order valence-electron chi connectivity index (χ4n) is 0.364. The summed E-state index contributed by atoms with van der Waals surface area (Å²) < 4.78 is 0. The van der Waals surface area contributed by atoms with Crippen molar-refractivity contribution in [2.24, 2.45) is 5.73 Å². The van der Waals surface area contributed by atoms with E-state index in [9.17, 15) is 9.59 Å². The molecule has 0 fully saturated rings. The van der Waals surface area contributed by atoms with Gasteiger partial charge in [-0.05, 0) is 0 Å². The van der Waals surface area contributed by atoms with Crippen LogP contribution in [0.5, 0.6) is 0 Å². The van der Waals surface area contributed by atoms with Gasteiger partial charge in [0.25, 0.3) is 5.91 Å². The van der Waals surface area contributed by atoms with Gasteiger partial charge in [-0.2, -0.15) is 0 Å². The summed E-state index contributed by atoms with van der Waals surface area (Å²) in [7, 11) is 0. The van der Waals surface area contributed by atoms with Crippen LogP contribution < -0.4 is 11.2 Å². The van der Waals surface area contributed by atoms with Crippen LogP contribution in [-0.4, -0.2) is 39.4 Å². The lowest BCUT2D eigenvalue weighted by atomic mass is 10.2. The molecular weight excluding hydrogens is 156 g/mol. The highest BCUT2D eigenvalue weighted by atomic mass is 16.5. The maximum absolute atomic E-state index is 10.3. The number of aliphatic hydroxyl groups excluding tert-OH is 1. The molecule has 0 bridgehead atoms. The van der Waals surface area contributed by atoms with Gasteiger partial charge in [-0.1, -0.05) is 0 Å². The molecule has 7 heteroatoms. The van der Waals surface area contributed by atoms with Crippen molar-refractivity contribution in [2.75, 3.05) is 0 Å². The topological polar surface area (TPSA) is 133 Å². The average Bonchev–Trinajstić information content (AvgIpc) is 2.00. The molecule has 0 radical (unpaired) electrons. The maximum atomic E-state index is 10.3. The molecule has 0 heterocycles. The first-order valence-corrected chi connectivity index (χ1v) is 2.61. The predicted molar refractivity (Wildman–Crippen MR) is 31.5 cm³/mol. The Morgan fingerprint density at radius 3 is 2.18 bits per heavy atom. The minimum atomic E-state index is -1.95. The van der Waals surface area contributed by atoms with E-state index in [1.807, 2.05) is 0 Å². The highest BCUT2D eigenvalue weighted by molar-refractivity contribution is 5.87. The van der Waals surface area contributed by atoms with Gasteiger partial charge >= 0.3 is 5.97 Å². The molecule has 11 heavy (non-hydrogen) atoms. The van der Waals surface area contributed by atoms with Gasteiger partial charge in [0.1, 0.15) is 6.04 Å². The quantitative estimate of drug-likeness (QED) is 0.227. The molecular formula is C4H8N2O5. The number of carbonyl (C=O) groups is 2. The van der Waals surface area contributed by atoms with Gasteiger partial charge in [0.15, 0.2) is 6.10 Å². The van der Waals surface area contributed by atoms with Crippen LogP contribution in [-0.2, 0) is 9.59 Å². The van der Waals surface area contributed by atoms with E-state index in [1.165, 1.54) is 0 Å². The molecule has 0 spiro atoms. The number of hydroxylamine groups is 1. The number of nitrogens with two attached hydrogens (primary N) is 1. The number of carbonyl (C=O) groups excluding carboxylic acids is 1. The summed E-state index contributed by atoms with van der Waals surface area (Å²) >= 11 is 0. The molecule has 64 valence electrons. The SMILES string of the molecule is N[C@@H](C(=O)O)[C@H](O)C(=O)NO. The fraction of sp³-hybridized carbons (Fsp3) is 0.500. The summed E-state index contributed by atoms with van der Waals surface area (Å²) in [6.07, 6.45) is -1.95. The molecule has 0 saturated heterocycles. The van der Waals surface area contributed by atoms with E-state index in [4.69, 9.17) is 21.2 Å². The van der Waals surface area contributed by atoms with Crippen molar-refractivity contribution in [3.63, 3.8) is 0 Å². The molecule has 0 aliphatic rings. The van der Waals surface area contributed by atoms with Crippen molar-refractivity contribution in [1.29, 1.82) is 0 Å². The van der Waals surface area contributed by atoms with Crippen LogP contribution in [0.15, 0.2) is 0 Å². The summed E-state index contributed by atoms with van der Waals surface area (Å²) in [6.45, 7) is 0. The van der Waals surface area contributed by atoms with Gasteiger partial charge in [0, 0.05) is 0 Å². The maximum Gasteiger partial charge on any atom is 0.323 e. The Morgan fingerprint density at radius 1 is 1.45 bits per heavy atom. The molecule has 2 atom stereocenters. The van der Waals surface area contributed by atoms with Crippen LogP contribution in [0.4, 0.5) is 0 Å². The van der Waals surface area contributed by atoms with E-state index in [2.05, 4.69) is 0 Å². The number of hydrogen-bond donors (Lipinski definition) is 5. The lowest BCUT2D eigenvalue weighted by Gasteiger charge is -2.11. The zero-order valence-electron chi connectivity index (χ0n) is 5.39. The second kappa shape index (κ2) is 3.86. The number of hydrogen-bond acceptors (Lipinski definition) is 5. The second-order valence-electron chi connectivity index (χ2n) is 1.78. The zero-order chi connectivity index (χ0) is 9.02. The summed E-state index contributed by atoms with van der Waals surface area (Å²) in [5.74, 6) is -2.78. The van der Waals surface area contributed by atoms with Crippen LogP contribution in [0.2, 0.25) is 0 Å². The Morgan fingerprint density at radius 2 is 1.91 bits per heavy atom. The fourth-order valence-corrected chi connectivity index (χ4v) is 0.364.